The number of benzene rings is 3. The number of fused-ring (bicyclic) bond motifs is 4. The van der Waals surface area contributed by atoms with Crippen molar-refractivity contribution in [3.63, 3.8) is 0 Å². The topological polar surface area (TPSA) is 22.0 Å². The first-order valence-corrected chi connectivity index (χ1v) is 8.73. The zero-order valence-electron chi connectivity index (χ0n) is 14.4. The number of pyridine rings is 1. The van der Waals surface area contributed by atoms with Crippen LogP contribution in [0.25, 0.3) is 44.1 Å². The van der Waals surface area contributed by atoms with Crippen molar-refractivity contribution in [2.45, 2.75) is 0 Å². The highest BCUT2D eigenvalue weighted by atomic mass is 16.1. The summed E-state index contributed by atoms with van der Waals surface area (Å²) < 4.78 is 2.15. The van der Waals surface area contributed by atoms with E-state index < -0.39 is 0 Å². The Bertz CT molecular complexity index is 1250. The number of carbonyl (C=O) groups excluding carboxylic acids is 1. The molecule has 0 amide bonds. The Morgan fingerprint density at radius 2 is 1.31 bits per heavy atom. The third-order valence-corrected chi connectivity index (χ3v) is 5.28. The quantitative estimate of drug-likeness (QED) is 0.367. The van der Waals surface area contributed by atoms with Gasteiger partial charge in [0.25, 0.3) is 0 Å². The lowest BCUT2D eigenvalue weighted by atomic mass is 9.92. The van der Waals surface area contributed by atoms with Crippen LogP contribution in [0.5, 0.6) is 0 Å². The Morgan fingerprint density at radius 1 is 0.692 bits per heavy atom. The summed E-state index contributed by atoms with van der Waals surface area (Å²) in [6.45, 7) is 0. The molecule has 0 aromatic heterocycles. The molecule has 0 radical (unpaired) electrons. The van der Waals surface area contributed by atoms with Gasteiger partial charge in [0.05, 0.1) is 5.69 Å². The minimum absolute atomic E-state index is 0.765. The number of hydrogen-bond acceptors (Lipinski definition) is 1. The summed E-state index contributed by atoms with van der Waals surface area (Å²) in [6, 6.07) is 27.1. The van der Waals surface area contributed by atoms with Crippen molar-refractivity contribution in [1.82, 2.24) is 4.57 Å². The number of para-hydroxylation sites is 1. The van der Waals surface area contributed by atoms with Gasteiger partial charge in [-0.1, -0.05) is 72.8 Å². The standard InChI is InChI=1S/C24H17NO/c1-25-21-14-8-7-13-19(21)22(16-9-3-2-4-10-16)23-18-12-6-5-11-17(18)20(15-26)24(23)25/h2-15H,1H3. The largest absolute Gasteiger partial charge is 0.343 e. The van der Waals surface area contributed by atoms with Crippen LogP contribution < -0.4 is 0 Å². The van der Waals surface area contributed by atoms with E-state index in [9.17, 15) is 4.79 Å². The van der Waals surface area contributed by atoms with Gasteiger partial charge in [0.2, 0.25) is 0 Å². The summed E-state index contributed by atoms with van der Waals surface area (Å²) in [7, 11) is 2.05. The van der Waals surface area contributed by atoms with Crippen molar-refractivity contribution in [3.05, 3.63) is 84.4 Å². The van der Waals surface area contributed by atoms with Gasteiger partial charge in [-0.05, 0) is 22.4 Å². The Balaban J connectivity index is 2.13. The van der Waals surface area contributed by atoms with Gasteiger partial charge in [-0.2, -0.15) is 0 Å². The first-order chi connectivity index (χ1) is 12.8. The average molecular weight is 335 g/mol. The van der Waals surface area contributed by atoms with Gasteiger partial charge in [0, 0.05) is 34.6 Å². The summed E-state index contributed by atoms with van der Waals surface area (Å²) in [5.41, 5.74) is 6.40. The van der Waals surface area contributed by atoms with Crippen LogP contribution in [0.4, 0.5) is 0 Å². The summed E-state index contributed by atoms with van der Waals surface area (Å²) in [4.78, 5) is 12.0. The molecule has 0 unspecified atom stereocenters. The highest BCUT2D eigenvalue weighted by molar-refractivity contribution is 6.20. The summed E-state index contributed by atoms with van der Waals surface area (Å²) in [5, 5.41) is 3.34. The van der Waals surface area contributed by atoms with Crippen molar-refractivity contribution in [2.24, 2.45) is 7.05 Å². The first-order valence-electron chi connectivity index (χ1n) is 8.73. The molecule has 0 saturated carbocycles. The normalized spacial score (nSPS) is 11.4. The first kappa shape index (κ1) is 14.9. The van der Waals surface area contributed by atoms with Crippen LogP contribution in [0.15, 0.2) is 78.9 Å². The van der Waals surface area contributed by atoms with E-state index in [2.05, 4.69) is 53.1 Å². The van der Waals surface area contributed by atoms with E-state index in [1.54, 1.807) is 0 Å². The molecule has 1 aliphatic carbocycles. The molecule has 0 bridgehead atoms. The van der Waals surface area contributed by atoms with E-state index in [4.69, 9.17) is 0 Å². The van der Waals surface area contributed by atoms with Crippen LogP contribution >= 0.6 is 0 Å². The van der Waals surface area contributed by atoms with Gasteiger partial charge in [-0.3, -0.25) is 4.79 Å². The minimum atomic E-state index is 0.765. The van der Waals surface area contributed by atoms with Crippen molar-refractivity contribution in [3.8, 4) is 22.4 Å². The molecule has 0 atom stereocenters. The summed E-state index contributed by atoms with van der Waals surface area (Å²) >= 11 is 0. The van der Waals surface area contributed by atoms with Crippen molar-refractivity contribution in [1.29, 1.82) is 0 Å². The van der Waals surface area contributed by atoms with E-state index in [0.29, 0.717) is 0 Å². The fourth-order valence-electron chi connectivity index (χ4n) is 4.18. The van der Waals surface area contributed by atoms with E-state index in [1.807, 2.05) is 37.4 Å². The van der Waals surface area contributed by atoms with Crippen molar-refractivity contribution >= 4 is 28.0 Å². The number of aldehydes is 1. The number of nitrogens with zero attached hydrogens (tertiary/aromatic N) is 1. The van der Waals surface area contributed by atoms with Crippen LogP contribution in [0, 0.1) is 0 Å². The number of aryl methyl sites for hydroxylation is 1. The lowest BCUT2D eigenvalue weighted by molar-refractivity contribution is 0.112. The molecular formula is C24H17NO. The second-order valence-corrected chi connectivity index (χ2v) is 6.62. The van der Waals surface area contributed by atoms with E-state index in [0.717, 1.165) is 39.4 Å². The maximum atomic E-state index is 12.0. The van der Waals surface area contributed by atoms with Crippen molar-refractivity contribution < 1.29 is 4.79 Å². The maximum Gasteiger partial charge on any atom is 0.152 e. The Kier molecular flexibility index (Phi) is 3.19. The van der Waals surface area contributed by atoms with E-state index >= 15 is 0 Å². The molecule has 0 fully saturated rings. The molecule has 1 heterocycles. The molecule has 1 aliphatic heterocycles. The molecule has 124 valence electrons. The van der Waals surface area contributed by atoms with Crippen LogP contribution in [0.1, 0.15) is 10.4 Å². The molecular weight excluding hydrogens is 318 g/mol. The fourth-order valence-corrected chi connectivity index (χ4v) is 4.18. The molecule has 0 N–H and O–H groups in total. The predicted molar refractivity (Wildman–Crippen MR) is 108 cm³/mol. The minimum Gasteiger partial charge on any atom is -0.343 e. The Hall–Kier alpha value is -3.39. The second kappa shape index (κ2) is 5.57. The molecule has 0 saturated heterocycles. The van der Waals surface area contributed by atoms with Gasteiger partial charge in [0.1, 0.15) is 0 Å². The van der Waals surface area contributed by atoms with Gasteiger partial charge < -0.3 is 4.57 Å². The molecule has 0 spiro atoms. The van der Waals surface area contributed by atoms with Crippen LogP contribution in [0.2, 0.25) is 0 Å². The number of aromatic nitrogens is 1. The van der Waals surface area contributed by atoms with E-state index in [1.165, 1.54) is 16.5 Å². The van der Waals surface area contributed by atoms with Gasteiger partial charge in [0.15, 0.2) is 6.29 Å². The van der Waals surface area contributed by atoms with Crippen LogP contribution in [-0.2, 0) is 7.05 Å². The summed E-state index contributed by atoms with van der Waals surface area (Å²) in [5.74, 6) is 0. The molecule has 3 aromatic carbocycles. The van der Waals surface area contributed by atoms with E-state index in [-0.39, 0.29) is 0 Å². The number of rotatable bonds is 2. The fraction of sp³-hybridized carbons (Fsp3) is 0.0417. The maximum absolute atomic E-state index is 12.0. The van der Waals surface area contributed by atoms with Crippen LogP contribution in [0.3, 0.4) is 0 Å². The highest BCUT2D eigenvalue weighted by Crippen LogP contribution is 2.47. The molecule has 2 nitrogen and oxygen atoms in total. The smallest absolute Gasteiger partial charge is 0.152 e. The number of carbonyl (C=O) groups is 1. The zero-order valence-corrected chi connectivity index (χ0v) is 14.4. The predicted octanol–water partition coefficient (Wildman–Crippen LogP) is 5.92. The van der Waals surface area contributed by atoms with Crippen LogP contribution in [-0.4, -0.2) is 10.9 Å². The van der Waals surface area contributed by atoms with Gasteiger partial charge in [-0.15, -0.1) is 0 Å². The molecule has 2 aliphatic rings. The zero-order chi connectivity index (χ0) is 17.7. The lowest BCUT2D eigenvalue weighted by Crippen LogP contribution is -2.03. The molecule has 2 heteroatoms. The second-order valence-electron chi connectivity index (χ2n) is 6.62. The monoisotopic (exact) mass is 335 g/mol. The van der Waals surface area contributed by atoms with Crippen molar-refractivity contribution in [2.75, 3.05) is 0 Å². The molecule has 3 aromatic rings. The highest BCUT2D eigenvalue weighted by Gasteiger charge is 2.25. The lowest BCUT2D eigenvalue weighted by Gasteiger charge is -2.19. The number of hydrogen-bond donors (Lipinski definition) is 0. The third kappa shape index (κ3) is 1.90. The molecule has 26 heavy (non-hydrogen) atoms. The molecule has 5 rings (SSSR count). The average Bonchev–Trinajstić information content (AvgIpc) is 3.04. The van der Waals surface area contributed by atoms with Gasteiger partial charge in [-0.25, -0.2) is 0 Å². The SMILES string of the molecule is Cn1c2c(C=O)c3ccccc3c-2c(-c2ccccc2)c2ccccc21. The third-order valence-electron chi connectivity index (χ3n) is 5.28. The Labute approximate surface area is 151 Å². The van der Waals surface area contributed by atoms with Gasteiger partial charge >= 0.3 is 0 Å². The summed E-state index contributed by atoms with van der Waals surface area (Å²) in [6.07, 6.45) is 0.994. The Morgan fingerprint density at radius 3 is 2.04 bits per heavy atom.